The van der Waals surface area contributed by atoms with Crippen LogP contribution >= 0.6 is 11.6 Å². The highest BCUT2D eigenvalue weighted by atomic mass is 35.5. The largest absolute Gasteiger partial charge is 0.447 e. The van der Waals surface area contributed by atoms with Crippen LogP contribution in [-0.4, -0.2) is 4.98 Å². The number of nitrogens with zero attached hydrogens (tertiary/aromatic N) is 2. The number of hydrogen-bond acceptors (Lipinski definition) is 4. The highest BCUT2D eigenvalue weighted by Crippen LogP contribution is 2.20. The zero-order valence-electron chi connectivity index (χ0n) is 8.27. The van der Waals surface area contributed by atoms with Gasteiger partial charge < -0.3 is 9.73 Å². The fraction of sp³-hybridized carbons (Fsp3) is 0.0909. The molecular weight excluding hydrogens is 226 g/mol. The van der Waals surface area contributed by atoms with Gasteiger partial charge in [0.2, 0.25) is 0 Å². The summed E-state index contributed by atoms with van der Waals surface area (Å²) in [6, 6.07) is 7.20. The van der Waals surface area contributed by atoms with Crippen molar-refractivity contribution in [2.24, 2.45) is 0 Å². The minimum absolute atomic E-state index is 0.448. The second-order valence-corrected chi connectivity index (χ2v) is 3.53. The summed E-state index contributed by atoms with van der Waals surface area (Å²) in [7, 11) is 0. The van der Waals surface area contributed by atoms with Crippen molar-refractivity contribution in [2.75, 3.05) is 5.32 Å². The van der Waals surface area contributed by atoms with E-state index in [1.807, 2.05) is 6.07 Å². The molecule has 0 spiro atoms. The lowest BCUT2D eigenvalue weighted by Crippen LogP contribution is -1.98. The summed E-state index contributed by atoms with van der Waals surface area (Å²) in [4.78, 5) is 3.80. The van der Waals surface area contributed by atoms with Gasteiger partial charge in [0.25, 0.3) is 0 Å². The smallest absolute Gasteiger partial charge is 0.180 e. The van der Waals surface area contributed by atoms with E-state index >= 15 is 0 Å². The molecule has 5 heteroatoms. The van der Waals surface area contributed by atoms with Gasteiger partial charge in [-0.05, 0) is 18.2 Å². The molecule has 0 aliphatic carbocycles. The van der Waals surface area contributed by atoms with Crippen LogP contribution in [0, 0.1) is 11.3 Å². The SMILES string of the molecule is N#Cc1cc(NCc2cnco2)ccc1Cl. The van der Waals surface area contributed by atoms with E-state index in [0.29, 0.717) is 17.1 Å². The Morgan fingerprint density at radius 3 is 3.06 bits per heavy atom. The minimum atomic E-state index is 0.448. The van der Waals surface area contributed by atoms with Crippen LogP contribution in [0.3, 0.4) is 0 Å². The van der Waals surface area contributed by atoms with Crippen LogP contribution in [0.2, 0.25) is 5.02 Å². The maximum absolute atomic E-state index is 8.80. The number of nitrogens with one attached hydrogen (secondary N) is 1. The van der Waals surface area contributed by atoms with Gasteiger partial charge in [0.15, 0.2) is 6.39 Å². The first-order chi connectivity index (χ1) is 7.79. The third kappa shape index (κ3) is 2.33. The fourth-order valence-corrected chi connectivity index (χ4v) is 1.40. The fourth-order valence-electron chi connectivity index (χ4n) is 1.24. The second kappa shape index (κ2) is 4.69. The minimum Gasteiger partial charge on any atom is -0.447 e. The topological polar surface area (TPSA) is 61.9 Å². The van der Waals surface area contributed by atoms with Crippen molar-refractivity contribution in [3.63, 3.8) is 0 Å². The molecule has 0 atom stereocenters. The predicted molar refractivity (Wildman–Crippen MR) is 60.0 cm³/mol. The van der Waals surface area contributed by atoms with Crippen molar-refractivity contribution in [1.82, 2.24) is 4.98 Å². The lowest BCUT2D eigenvalue weighted by atomic mass is 10.2. The average Bonchev–Trinajstić information content (AvgIpc) is 2.81. The first kappa shape index (κ1) is 10.5. The van der Waals surface area contributed by atoms with E-state index in [4.69, 9.17) is 21.3 Å². The molecule has 0 fully saturated rings. The Morgan fingerprint density at radius 1 is 1.50 bits per heavy atom. The quantitative estimate of drug-likeness (QED) is 0.886. The molecule has 0 bridgehead atoms. The van der Waals surface area contributed by atoms with Gasteiger partial charge in [0.05, 0.1) is 23.3 Å². The van der Waals surface area contributed by atoms with E-state index in [-0.39, 0.29) is 0 Å². The Bertz CT molecular complexity index is 517. The number of aromatic nitrogens is 1. The molecule has 80 valence electrons. The molecule has 1 heterocycles. The summed E-state index contributed by atoms with van der Waals surface area (Å²) in [6.45, 7) is 0.520. The molecule has 0 amide bonds. The molecule has 0 unspecified atom stereocenters. The Labute approximate surface area is 97.5 Å². The molecule has 1 N–H and O–H groups in total. The zero-order chi connectivity index (χ0) is 11.4. The van der Waals surface area contributed by atoms with Gasteiger partial charge in [-0.25, -0.2) is 4.98 Å². The standard InChI is InChI=1S/C11H8ClN3O/c12-11-2-1-9(3-8(11)4-13)15-6-10-5-14-7-16-10/h1-3,5,7,15H,6H2. The van der Waals surface area contributed by atoms with Crippen LogP contribution in [0.5, 0.6) is 0 Å². The molecule has 16 heavy (non-hydrogen) atoms. The summed E-state index contributed by atoms with van der Waals surface area (Å²) in [5.41, 5.74) is 1.27. The normalized spacial score (nSPS) is 9.75. The lowest BCUT2D eigenvalue weighted by Gasteiger charge is -2.04. The molecule has 4 nitrogen and oxygen atoms in total. The third-order valence-corrected chi connectivity index (χ3v) is 2.37. The molecule has 1 aromatic heterocycles. The molecule has 0 radical (unpaired) electrons. The summed E-state index contributed by atoms with van der Waals surface area (Å²) in [6.07, 6.45) is 3.01. The number of halogens is 1. The lowest BCUT2D eigenvalue weighted by molar-refractivity contribution is 0.512. The number of anilines is 1. The Hall–Kier alpha value is -1.99. The summed E-state index contributed by atoms with van der Waals surface area (Å²) < 4.78 is 5.07. The van der Waals surface area contributed by atoms with Crippen molar-refractivity contribution < 1.29 is 4.42 Å². The van der Waals surface area contributed by atoms with Crippen molar-refractivity contribution >= 4 is 17.3 Å². The molecule has 0 aliphatic heterocycles. The maximum atomic E-state index is 8.80. The van der Waals surface area contributed by atoms with Gasteiger partial charge in [0, 0.05) is 5.69 Å². The van der Waals surface area contributed by atoms with E-state index in [1.165, 1.54) is 6.39 Å². The number of hydrogen-bond donors (Lipinski definition) is 1. The zero-order valence-corrected chi connectivity index (χ0v) is 9.03. The van der Waals surface area contributed by atoms with Crippen LogP contribution in [0.25, 0.3) is 0 Å². The molecule has 0 saturated heterocycles. The van der Waals surface area contributed by atoms with Gasteiger partial charge >= 0.3 is 0 Å². The van der Waals surface area contributed by atoms with E-state index in [0.717, 1.165) is 11.4 Å². The predicted octanol–water partition coefficient (Wildman–Crippen LogP) is 2.81. The first-order valence-corrected chi connectivity index (χ1v) is 4.98. The van der Waals surface area contributed by atoms with E-state index in [1.54, 1.807) is 24.4 Å². The molecule has 2 rings (SSSR count). The van der Waals surface area contributed by atoms with Crippen LogP contribution in [0.4, 0.5) is 5.69 Å². The van der Waals surface area contributed by atoms with E-state index in [9.17, 15) is 0 Å². The Balaban J connectivity index is 2.08. The van der Waals surface area contributed by atoms with Gasteiger partial charge in [-0.3, -0.25) is 0 Å². The molecular formula is C11H8ClN3O. The van der Waals surface area contributed by atoms with Crippen LogP contribution in [0.15, 0.2) is 35.2 Å². The van der Waals surface area contributed by atoms with Crippen molar-refractivity contribution in [2.45, 2.75) is 6.54 Å². The third-order valence-electron chi connectivity index (χ3n) is 2.04. The Kier molecular flexibility index (Phi) is 3.08. The van der Waals surface area contributed by atoms with Crippen molar-refractivity contribution in [1.29, 1.82) is 5.26 Å². The molecule has 0 saturated carbocycles. The van der Waals surface area contributed by atoms with Crippen LogP contribution in [0.1, 0.15) is 11.3 Å². The second-order valence-electron chi connectivity index (χ2n) is 3.13. The number of nitriles is 1. The number of benzene rings is 1. The molecule has 1 aromatic carbocycles. The summed E-state index contributed by atoms with van der Waals surface area (Å²) in [5.74, 6) is 0.730. The highest BCUT2D eigenvalue weighted by molar-refractivity contribution is 6.31. The van der Waals surface area contributed by atoms with Gasteiger partial charge in [-0.2, -0.15) is 5.26 Å². The Morgan fingerprint density at radius 2 is 2.38 bits per heavy atom. The highest BCUT2D eigenvalue weighted by Gasteiger charge is 2.01. The van der Waals surface area contributed by atoms with Crippen LogP contribution in [-0.2, 0) is 6.54 Å². The molecule has 0 aliphatic rings. The summed E-state index contributed by atoms with van der Waals surface area (Å²) in [5, 5.41) is 12.4. The van der Waals surface area contributed by atoms with E-state index in [2.05, 4.69) is 10.3 Å². The van der Waals surface area contributed by atoms with Crippen molar-refractivity contribution in [3.05, 3.63) is 47.1 Å². The average molecular weight is 234 g/mol. The van der Waals surface area contributed by atoms with Gasteiger partial charge in [0.1, 0.15) is 11.8 Å². The van der Waals surface area contributed by atoms with Crippen LogP contribution < -0.4 is 5.32 Å². The van der Waals surface area contributed by atoms with Crippen molar-refractivity contribution in [3.8, 4) is 6.07 Å². The number of oxazole rings is 1. The summed E-state index contributed by atoms with van der Waals surface area (Å²) >= 11 is 5.82. The maximum Gasteiger partial charge on any atom is 0.180 e. The molecule has 2 aromatic rings. The van der Waals surface area contributed by atoms with Gasteiger partial charge in [-0.1, -0.05) is 11.6 Å². The van der Waals surface area contributed by atoms with Gasteiger partial charge in [-0.15, -0.1) is 0 Å². The van der Waals surface area contributed by atoms with E-state index < -0.39 is 0 Å². The monoisotopic (exact) mass is 233 g/mol. The first-order valence-electron chi connectivity index (χ1n) is 4.60. The number of rotatable bonds is 3.